The minimum absolute atomic E-state index is 0.0417. The molecule has 1 aliphatic heterocycles. The summed E-state index contributed by atoms with van der Waals surface area (Å²) >= 11 is 1.58. The van der Waals surface area contributed by atoms with E-state index in [9.17, 15) is 9.59 Å². The molecule has 0 saturated heterocycles. The van der Waals surface area contributed by atoms with Crippen molar-refractivity contribution in [3.8, 4) is 0 Å². The van der Waals surface area contributed by atoms with Crippen LogP contribution in [0, 0.1) is 0 Å². The van der Waals surface area contributed by atoms with Crippen molar-refractivity contribution < 1.29 is 14.3 Å². The SMILES string of the molecule is COCCN1C(=O)c2ccccc2C(C(=O)NCCCN(Cc2ccccc2)C(C)C)C1c1cccs1. The number of carbonyl (C=O) groups excluding carboxylic acids is 2. The molecule has 1 aliphatic rings. The third-order valence-electron chi connectivity index (χ3n) is 6.97. The molecule has 0 fully saturated rings. The molecule has 2 aromatic carbocycles. The lowest BCUT2D eigenvalue weighted by molar-refractivity contribution is -0.124. The average molecular weight is 520 g/mol. The van der Waals surface area contributed by atoms with E-state index in [0.29, 0.717) is 31.3 Å². The lowest BCUT2D eigenvalue weighted by Gasteiger charge is -2.41. The van der Waals surface area contributed by atoms with E-state index in [1.807, 2.05) is 52.7 Å². The molecule has 1 N–H and O–H groups in total. The standard InChI is InChI=1S/C30H37N3O3S/c1-22(2)32(21-23-11-5-4-6-12-23)17-10-16-31-29(34)27-24-13-7-8-14-25(24)30(35)33(18-19-36-3)28(27)26-15-9-20-37-26/h4-9,11-15,20,22,27-28H,10,16-19,21H2,1-3H3,(H,31,34). The van der Waals surface area contributed by atoms with E-state index in [1.54, 1.807) is 18.4 Å². The van der Waals surface area contributed by atoms with Crippen LogP contribution in [0.5, 0.6) is 0 Å². The number of thiophene rings is 1. The zero-order valence-electron chi connectivity index (χ0n) is 21.9. The van der Waals surface area contributed by atoms with Crippen LogP contribution < -0.4 is 5.32 Å². The number of hydrogen-bond donors (Lipinski definition) is 1. The van der Waals surface area contributed by atoms with E-state index in [2.05, 4.69) is 48.3 Å². The molecule has 4 rings (SSSR count). The largest absolute Gasteiger partial charge is 0.383 e. The molecule has 0 saturated carbocycles. The number of nitrogens with zero attached hydrogens (tertiary/aromatic N) is 2. The van der Waals surface area contributed by atoms with Gasteiger partial charge < -0.3 is 15.0 Å². The van der Waals surface area contributed by atoms with E-state index >= 15 is 0 Å². The number of carbonyl (C=O) groups is 2. The highest BCUT2D eigenvalue weighted by Crippen LogP contribution is 2.44. The zero-order chi connectivity index (χ0) is 26.2. The van der Waals surface area contributed by atoms with Gasteiger partial charge in [-0.1, -0.05) is 54.6 Å². The van der Waals surface area contributed by atoms with Crippen molar-refractivity contribution in [3.63, 3.8) is 0 Å². The third-order valence-corrected chi connectivity index (χ3v) is 7.92. The van der Waals surface area contributed by atoms with E-state index < -0.39 is 5.92 Å². The van der Waals surface area contributed by atoms with Crippen molar-refractivity contribution in [1.29, 1.82) is 0 Å². The Morgan fingerprint density at radius 1 is 1.08 bits per heavy atom. The number of fused-ring (bicyclic) bond motifs is 1. The van der Waals surface area contributed by atoms with Gasteiger partial charge in [0.2, 0.25) is 5.91 Å². The van der Waals surface area contributed by atoms with Crippen molar-refractivity contribution in [2.24, 2.45) is 0 Å². The second kappa shape index (κ2) is 13.0. The molecule has 1 aromatic heterocycles. The van der Waals surface area contributed by atoms with E-state index in [-0.39, 0.29) is 17.9 Å². The number of nitrogens with one attached hydrogen (secondary N) is 1. The minimum Gasteiger partial charge on any atom is -0.383 e. The average Bonchev–Trinajstić information content (AvgIpc) is 3.45. The fourth-order valence-corrected chi connectivity index (χ4v) is 5.90. The molecule has 196 valence electrons. The first-order chi connectivity index (χ1) is 18.0. The van der Waals surface area contributed by atoms with Crippen LogP contribution in [-0.4, -0.2) is 61.0 Å². The van der Waals surface area contributed by atoms with Gasteiger partial charge in [0.15, 0.2) is 0 Å². The second-order valence-electron chi connectivity index (χ2n) is 9.71. The second-order valence-corrected chi connectivity index (χ2v) is 10.7. The van der Waals surface area contributed by atoms with Crippen LogP contribution >= 0.6 is 11.3 Å². The van der Waals surface area contributed by atoms with Gasteiger partial charge in [0.1, 0.15) is 0 Å². The maximum Gasteiger partial charge on any atom is 0.254 e. The summed E-state index contributed by atoms with van der Waals surface area (Å²) in [6, 6.07) is 22.0. The highest BCUT2D eigenvalue weighted by molar-refractivity contribution is 7.10. The lowest BCUT2D eigenvalue weighted by Crippen LogP contribution is -2.48. The van der Waals surface area contributed by atoms with Crippen LogP contribution in [0.4, 0.5) is 0 Å². The van der Waals surface area contributed by atoms with Crippen molar-refractivity contribution >= 4 is 23.2 Å². The van der Waals surface area contributed by atoms with E-state index in [4.69, 9.17) is 4.74 Å². The summed E-state index contributed by atoms with van der Waals surface area (Å²) in [6.07, 6.45) is 0.848. The van der Waals surface area contributed by atoms with Crippen LogP contribution in [0.2, 0.25) is 0 Å². The fraction of sp³-hybridized carbons (Fsp3) is 0.400. The van der Waals surface area contributed by atoms with Gasteiger partial charge in [-0.05, 0) is 48.9 Å². The summed E-state index contributed by atoms with van der Waals surface area (Å²) < 4.78 is 5.31. The fourth-order valence-electron chi connectivity index (χ4n) is 5.03. The smallest absolute Gasteiger partial charge is 0.254 e. The van der Waals surface area contributed by atoms with Crippen molar-refractivity contribution in [2.45, 2.75) is 44.8 Å². The summed E-state index contributed by atoms with van der Waals surface area (Å²) in [5.41, 5.74) is 2.68. The summed E-state index contributed by atoms with van der Waals surface area (Å²) in [5.74, 6) is -0.571. The molecular formula is C30H37N3O3S. The summed E-state index contributed by atoms with van der Waals surface area (Å²) in [5, 5.41) is 5.20. The normalized spacial score (nSPS) is 17.3. The summed E-state index contributed by atoms with van der Waals surface area (Å²) in [4.78, 5) is 32.5. The van der Waals surface area contributed by atoms with E-state index in [0.717, 1.165) is 30.0 Å². The van der Waals surface area contributed by atoms with Crippen LogP contribution in [0.15, 0.2) is 72.1 Å². The number of amides is 2. The molecule has 3 aromatic rings. The number of hydrogen-bond acceptors (Lipinski definition) is 5. The molecule has 2 heterocycles. The van der Waals surface area contributed by atoms with Gasteiger partial charge in [0, 0.05) is 49.8 Å². The Bertz CT molecular complexity index is 1150. The molecule has 37 heavy (non-hydrogen) atoms. The van der Waals surface area contributed by atoms with Gasteiger partial charge in [0.05, 0.1) is 18.6 Å². The number of ether oxygens (including phenoxy) is 1. The Labute approximate surface area is 224 Å². The molecule has 2 amide bonds. The van der Waals surface area contributed by atoms with Gasteiger partial charge in [0.25, 0.3) is 5.91 Å². The predicted molar refractivity (Wildman–Crippen MR) is 149 cm³/mol. The molecule has 0 bridgehead atoms. The maximum absolute atomic E-state index is 13.8. The van der Waals surface area contributed by atoms with Crippen LogP contribution in [0.3, 0.4) is 0 Å². The van der Waals surface area contributed by atoms with Gasteiger partial charge in [-0.2, -0.15) is 0 Å². The number of benzene rings is 2. The lowest BCUT2D eigenvalue weighted by atomic mass is 9.81. The number of rotatable bonds is 12. The minimum atomic E-state index is -0.477. The van der Waals surface area contributed by atoms with Crippen molar-refractivity contribution in [2.75, 3.05) is 33.4 Å². The molecule has 2 atom stereocenters. The van der Waals surface area contributed by atoms with Crippen molar-refractivity contribution in [3.05, 3.63) is 93.7 Å². The quantitative estimate of drug-likeness (QED) is 0.339. The molecule has 0 aliphatic carbocycles. The van der Waals surface area contributed by atoms with Gasteiger partial charge in [-0.25, -0.2) is 0 Å². The monoisotopic (exact) mass is 519 g/mol. The first-order valence-electron chi connectivity index (χ1n) is 13.0. The molecule has 0 radical (unpaired) electrons. The maximum atomic E-state index is 13.8. The Morgan fingerprint density at radius 2 is 1.84 bits per heavy atom. The Kier molecular flexibility index (Phi) is 9.50. The topological polar surface area (TPSA) is 61.9 Å². The Morgan fingerprint density at radius 3 is 2.54 bits per heavy atom. The zero-order valence-corrected chi connectivity index (χ0v) is 22.7. The van der Waals surface area contributed by atoms with Crippen molar-refractivity contribution in [1.82, 2.24) is 15.1 Å². The van der Waals surface area contributed by atoms with Crippen LogP contribution in [0.25, 0.3) is 0 Å². The Balaban J connectivity index is 1.49. The first kappa shape index (κ1) is 27.0. The highest BCUT2D eigenvalue weighted by atomic mass is 32.1. The molecule has 6 nitrogen and oxygen atoms in total. The van der Waals surface area contributed by atoms with Crippen LogP contribution in [-0.2, 0) is 16.1 Å². The number of methoxy groups -OCH3 is 1. The van der Waals surface area contributed by atoms with Crippen LogP contribution in [0.1, 0.15) is 58.6 Å². The Hall–Kier alpha value is -3.00. The van der Waals surface area contributed by atoms with Gasteiger partial charge >= 0.3 is 0 Å². The highest BCUT2D eigenvalue weighted by Gasteiger charge is 2.44. The first-order valence-corrected chi connectivity index (χ1v) is 13.9. The summed E-state index contributed by atoms with van der Waals surface area (Å²) in [7, 11) is 1.63. The molecular weight excluding hydrogens is 482 g/mol. The predicted octanol–water partition coefficient (Wildman–Crippen LogP) is 5.09. The van der Waals surface area contributed by atoms with Gasteiger partial charge in [-0.3, -0.25) is 14.5 Å². The van der Waals surface area contributed by atoms with E-state index in [1.165, 1.54) is 5.56 Å². The summed E-state index contributed by atoms with van der Waals surface area (Å²) in [6.45, 7) is 7.61. The molecule has 2 unspecified atom stereocenters. The third kappa shape index (κ3) is 6.47. The van der Waals surface area contributed by atoms with Gasteiger partial charge in [-0.15, -0.1) is 11.3 Å². The molecule has 0 spiro atoms. The molecule has 7 heteroatoms.